The van der Waals surface area contributed by atoms with Crippen molar-refractivity contribution in [2.75, 3.05) is 39.3 Å². The van der Waals surface area contributed by atoms with E-state index in [-0.39, 0.29) is 12.0 Å². The molecule has 1 saturated heterocycles. The third kappa shape index (κ3) is 4.82. The van der Waals surface area contributed by atoms with Crippen molar-refractivity contribution in [3.8, 4) is 5.75 Å². The Morgan fingerprint density at radius 3 is 2.75 bits per heavy atom. The second-order valence-electron chi connectivity index (χ2n) is 9.31. The summed E-state index contributed by atoms with van der Waals surface area (Å²) in [5.41, 5.74) is 4.54. The van der Waals surface area contributed by atoms with Gasteiger partial charge in [0.2, 0.25) is 0 Å². The molecular weight excluding hydrogens is 402 g/mol. The summed E-state index contributed by atoms with van der Waals surface area (Å²) < 4.78 is 6.12. The first-order valence-electron chi connectivity index (χ1n) is 11.9. The van der Waals surface area contributed by atoms with Crippen LogP contribution in [0.1, 0.15) is 39.9 Å². The Kier molecular flexibility index (Phi) is 6.44. The maximum absolute atomic E-state index is 13.1. The summed E-state index contributed by atoms with van der Waals surface area (Å²) in [7, 11) is 0. The number of benzene rings is 2. The largest absolute Gasteiger partial charge is 0.489 e. The molecule has 3 aliphatic heterocycles. The number of piperidine rings is 1. The standard InChI is InChI=1S/C26H33N3O3/c30-22(17-28-12-9-19-4-1-2-5-21(19)16-28)18-29-13-10-20-14-23(7-8-25(20)26(29)31)32-24-6-3-11-27-15-24/h1-2,4-5,7-8,14,22,24,27,30H,3,6,9-13,15-18H2. The number of nitrogens with zero attached hydrogens (tertiary/aromatic N) is 2. The van der Waals surface area contributed by atoms with Gasteiger partial charge in [0.05, 0.1) is 6.10 Å². The number of amides is 1. The molecule has 6 heteroatoms. The first-order chi connectivity index (χ1) is 15.7. The molecule has 1 amide bonds. The second kappa shape index (κ2) is 9.61. The lowest BCUT2D eigenvalue weighted by Gasteiger charge is -2.34. The zero-order valence-electron chi connectivity index (χ0n) is 18.6. The molecule has 3 aliphatic rings. The summed E-state index contributed by atoms with van der Waals surface area (Å²) in [6.07, 6.45) is 3.67. The molecule has 2 unspecified atom stereocenters. The topological polar surface area (TPSA) is 65.0 Å². The van der Waals surface area contributed by atoms with Crippen molar-refractivity contribution in [3.05, 3.63) is 64.7 Å². The van der Waals surface area contributed by atoms with E-state index in [4.69, 9.17) is 4.74 Å². The number of rotatable bonds is 6. The van der Waals surface area contributed by atoms with Gasteiger partial charge in [-0.15, -0.1) is 0 Å². The molecule has 0 bridgehead atoms. The van der Waals surface area contributed by atoms with Gasteiger partial charge in [-0.05, 0) is 67.1 Å². The second-order valence-corrected chi connectivity index (χ2v) is 9.31. The van der Waals surface area contributed by atoms with Crippen LogP contribution in [0.2, 0.25) is 0 Å². The monoisotopic (exact) mass is 435 g/mol. The SMILES string of the molecule is O=C1c2ccc(OC3CCCNC3)cc2CCN1CC(O)CN1CCc2ccccc2C1. The number of ether oxygens (including phenoxy) is 1. The Labute approximate surface area is 190 Å². The van der Waals surface area contributed by atoms with Crippen LogP contribution in [0.4, 0.5) is 0 Å². The van der Waals surface area contributed by atoms with Gasteiger partial charge in [0.15, 0.2) is 0 Å². The van der Waals surface area contributed by atoms with Gasteiger partial charge in [-0.2, -0.15) is 0 Å². The fourth-order valence-electron chi connectivity index (χ4n) is 5.19. The molecule has 6 nitrogen and oxygen atoms in total. The van der Waals surface area contributed by atoms with Gasteiger partial charge in [0, 0.05) is 44.8 Å². The van der Waals surface area contributed by atoms with Crippen LogP contribution < -0.4 is 10.1 Å². The van der Waals surface area contributed by atoms with Gasteiger partial charge < -0.3 is 20.1 Å². The lowest BCUT2D eigenvalue weighted by atomic mass is 9.98. The highest BCUT2D eigenvalue weighted by atomic mass is 16.5. The molecule has 32 heavy (non-hydrogen) atoms. The van der Waals surface area contributed by atoms with E-state index in [2.05, 4.69) is 34.5 Å². The molecule has 2 aromatic carbocycles. The third-order valence-electron chi connectivity index (χ3n) is 6.91. The number of carbonyl (C=O) groups excluding carboxylic acids is 1. The van der Waals surface area contributed by atoms with Crippen molar-refractivity contribution in [2.24, 2.45) is 0 Å². The van der Waals surface area contributed by atoms with E-state index in [0.717, 1.165) is 68.7 Å². The van der Waals surface area contributed by atoms with Gasteiger partial charge in [-0.25, -0.2) is 0 Å². The van der Waals surface area contributed by atoms with Crippen molar-refractivity contribution in [1.29, 1.82) is 0 Å². The number of aliphatic hydroxyl groups is 1. The predicted octanol–water partition coefficient (Wildman–Crippen LogP) is 2.23. The summed E-state index contributed by atoms with van der Waals surface area (Å²) >= 11 is 0. The maximum atomic E-state index is 13.1. The number of nitrogens with one attached hydrogen (secondary N) is 1. The van der Waals surface area contributed by atoms with E-state index in [9.17, 15) is 9.90 Å². The normalized spacial score (nSPS) is 22.2. The Hall–Kier alpha value is -2.41. The Morgan fingerprint density at radius 2 is 1.91 bits per heavy atom. The summed E-state index contributed by atoms with van der Waals surface area (Å²) in [4.78, 5) is 17.2. The number of hydrogen-bond acceptors (Lipinski definition) is 5. The zero-order chi connectivity index (χ0) is 21.9. The van der Waals surface area contributed by atoms with E-state index >= 15 is 0 Å². The highest BCUT2D eigenvalue weighted by Crippen LogP contribution is 2.26. The third-order valence-corrected chi connectivity index (χ3v) is 6.91. The van der Waals surface area contributed by atoms with Crippen LogP contribution in [-0.2, 0) is 19.4 Å². The first-order valence-corrected chi connectivity index (χ1v) is 11.9. The number of carbonyl (C=O) groups is 1. The lowest BCUT2D eigenvalue weighted by Crippen LogP contribution is -2.46. The van der Waals surface area contributed by atoms with Crippen molar-refractivity contribution in [1.82, 2.24) is 15.1 Å². The molecule has 1 fully saturated rings. The van der Waals surface area contributed by atoms with Gasteiger partial charge >= 0.3 is 0 Å². The molecule has 0 aliphatic carbocycles. The first kappa shape index (κ1) is 21.4. The molecule has 3 heterocycles. The summed E-state index contributed by atoms with van der Waals surface area (Å²) in [5, 5.41) is 14.1. The molecule has 0 aromatic heterocycles. The van der Waals surface area contributed by atoms with Crippen LogP contribution in [0.15, 0.2) is 42.5 Å². The minimum absolute atomic E-state index is 0.0140. The van der Waals surface area contributed by atoms with E-state index < -0.39 is 6.10 Å². The number of aliphatic hydroxyl groups excluding tert-OH is 1. The van der Waals surface area contributed by atoms with Crippen LogP contribution in [0.3, 0.4) is 0 Å². The molecule has 2 atom stereocenters. The average molecular weight is 436 g/mol. The lowest BCUT2D eigenvalue weighted by molar-refractivity contribution is 0.0492. The maximum Gasteiger partial charge on any atom is 0.254 e. The fraction of sp³-hybridized carbons (Fsp3) is 0.500. The van der Waals surface area contributed by atoms with Crippen molar-refractivity contribution in [2.45, 2.75) is 44.4 Å². The fourth-order valence-corrected chi connectivity index (χ4v) is 5.19. The van der Waals surface area contributed by atoms with Gasteiger partial charge in [-0.3, -0.25) is 9.69 Å². The molecule has 170 valence electrons. The summed E-state index contributed by atoms with van der Waals surface area (Å²) in [5.74, 6) is 0.865. The van der Waals surface area contributed by atoms with Crippen molar-refractivity contribution >= 4 is 5.91 Å². The van der Waals surface area contributed by atoms with Gasteiger partial charge in [0.1, 0.15) is 11.9 Å². The van der Waals surface area contributed by atoms with Crippen molar-refractivity contribution in [3.63, 3.8) is 0 Å². The van der Waals surface area contributed by atoms with Crippen LogP contribution >= 0.6 is 0 Å². The quantitative estimate of drug-likeness (QED) is 0.729. The molecule has 0 saturated carbocycles. The number of β-amino-alcohol motifs (C(OH)–C–C–N with tert-alkyl or cyclic N) is 1. The molecule has 0 radical (unpaired) electrons. The van der Waals surface area contributed by atoms with Crippen LogP contribution in [0.5, 0.6) is 5.75 Å². The van der Waals surface area contributed by atoms with E-state index in [1.165, 1.54) is 11.1 Å². The van der Waals surface area contributed by atoms with E-state index in [1.807, 2.05) is 18.2 Å². The average Bonchev–Trinajstić information content (AvgIpc) is 2.81. The Balaban J connectivity index is 1.16. The number of hydrogen-bond donors (Lipinski definition) is 2. The molecule has 5 rings (SSSR count). The Bertz CT molecular complexity index is 957. The smallest absolute Gasteiger partial charge is 0.254 e. The summed E-state index contributed by atoms with van der Waals surface area (Å²) in [6.45, 7) is 5.36. The van der Waals surface area contributed by atoms with Crippen LogP contribution in [0.25, 0.3) is 0 Å². The molecule has 2 N–H and O–H groups in total. The van der Waals surface area contributed by atoms with E-state index in [1.54, 1.807) is 4.90 Å². The predicted molar refractivity (Wildman–Crippen MR) is 124 cm³/mol. The van der Waals surface area contributed by atoms with Crippen molar-refractivity contribution < 1.29 is 14.6 Å². The van der Waals surface area contributed by atoms with Crippen LogP contribution in [0, 0.1) is 0 Å². The highest BCUT2D eigenvalue weighted by molar-refractivity contribution is 5.97. The van der Waals surface area contributed by atoms with Crippen LogP contribution in [-0.4, -0.2) is 72.3 Å². The molecule has 2 aromatic rings. The minimum atomic E-state index is -0.549. The van der Waals surface area contributed by atoms with Gasteiger partial charge in [0.25, 0.3) is 5.91 Å². The minimum Gasteiger partial charge on any atom is -0.489 e. The highest BCUT2D eigenvalue weighted by Gasteiger charge is 2.28. The molecule has 0 spiro atoms. The number of fused-ring (bicyclic) bond motifs is 2. The van der Waals surface area contributed by atoms with E-state index in [0.29, 0.717) is 19.6 Å². The molecular formula is C26H33N3O3. The summed E-state index contributed by atoms with van der Waals surface area (Å²) in [6, 6.07) is 14.4. The zero-order valence-corrected chi connectivity index (χ0v) is 18.6. The van der Waals surface area contributed by atoms with Gasteiger partial charge in [-0.1, -0.05) is 24.3 Å². The Morgan fingerprint density at radius 1 is 1.06 bits per heavy atom.